The van der Waals surface area contributed by atoms with Gasteiger partial charge in [0.25, 0.3) is 0 Å². The van der Waals surface area contributed by atoms with Crippen molar-refractivity contribution in [3.05, 3.63) is 113 Å². The molecule has 1 aliphatic heterocycles. The van der Waals surface area contributed by atoms with Crippen LogP contribution in [0.2, 0.25) is 0 Å². The standard InChI is InChI=1S/C31H33NO4/c1-4-11-26(30(33)32-27(21-36-31(32)34)18-24-12-7-5-8-13-24)19-29-22(2)16-28(17-23(29)3)35-20-25-14-9-6-10-15-25/h4-10,12-17,26-27H,1,11,18-21H2,2-3H3/t26?,27-/m1/s1. The fraction of sp³-hybridized carbons (Fsp3) is 0.290. The van der Waals surface area contributed by atoms with E-state index in [4.69, 9.17) is 9.47 Å². The van der Waals surface area contributed by atoms with Crippen LogP contribution in [0.4, 0.5) is 4.79 Å². The van der Waals surface area contributed by atoms with Gasteiger partial charge in [-0.05, 0) is 73.1 Å². The minimum absolute atomic E-state index is 0.207. The summed E-state index contributed by atoms with van der Waals surface area (Å²) in [6.07, 6.45) is 2.76. The van der Waals surface area contributed by atoms with Gasteiger partial charge in [-0.15, -0.1) is 6.58 Å². The number of carbonyl (C=O) groups is 2. The Kier molecular flexibility index (Phi) is 8.21. The van der Waals surface area contributed by atoms with E-state index in [0.717, 1.165) is 33.6 Å². The predicted molar refractivity (Wildman–Crippen MR) is 141 cm³/mol. The zero-order chi connectivity index (χ0) is 25.5. The highest BCUT2D eigenvalue weighted by molar-refractivity contribution is 5.95. The van der Waals surface area contributed by atoms with Crippen LogP contribution in [0.25, 0.3) is 0 Å². The summed E-state index contributed by atoms with van der Waals surface area (Å²) in [6, 6.07) is 23.6. The molecule has 5 heteroatoms. The van der Waals surface area contributed by atoms with E-state index in [9.17, 15) is 9.59 Å². The van der Waals surface area contributed by atoms with Crippen LogP contribution >= 0.6 is 0 Å². The van der Waals surface area contributed by atoms with Gasteiger partial charge in [0.2, 0.25) is 5.91 Å². The van der Waals surface area contributed by atoms with Crippen LogP contribution in [0.5, 0.6) is 5.75 Å². The number of aryl methyl sites for hydroxylation is 2. The zero-order valence-corrected chi connectivity index (χ0v) is 21.0. The van der Waals surface area contributed by atoms with Crippen molar-refractivity contribution in [1.82, 2.24) is 4.90 Å². The van der Waals surface area contributed by atoms with E-state index >= 15 is 0 Å². The number of amides is 2. The Morgan fingerprint density at radius 2 is 1.67 bits per heavy atom. The molecule has 1 heterocycles. The maximum absolute atomic E-state index is 13.7. The van der Waals surface area contributed by atoms with Crippen molar-refractivity contribution in [2.45, 2.75) is 45.8 Å². The predicted octanol–water partition coefficient (Wildman–Crippen LogP) is 6.21. The number of allylic oxidation sites excluding steroid dienone is 1. The van der Waals surface area contributed by atoms with Gasteiger partial charge in [0.15, 0.2) is 0 Å². The first kappa shape index (κ1) is 25.2. The van der Waals surface area contributed by atoms with E-state index in [1.807, 2.05) is 86.6 Å². The summed E-state index contributed by atoms with van der Waals surface area (Å²) in [6.45, 7) is 8.65. The van der Waals surface area contributed by atoms with Crippen LogP contribution in [0.3, 0.4) is 0 Å². The van der Waals surface area contributed by atoms with Crippen LogP contribution in [0.1, 0.15) is 34.2 Å². The van der Waals surface area contributed by atoms with E-state index in [0.29, 0.717) is 25.9 Å². The second-order valence-electron chi connectivity index (χ2n) is 9.36. The van der Waals surface area contributed by atoms with Gasteiger partial charge in [-0.1, -0.05) is 66.7 Å². The van der Waals surface area contributed by atoms with Crippen molar-refractivity contribution < 1.29 is 19.1 Å². The van der Waals surface area contributed by atoms with Gasteiger partial charge < -0.3 is 9.47 Å². The summed E-state index contributed by atoms with van der Waals surface area (Å²) in [5, 5.41) is 0. The molecule has 2 atom stereocenters. The summed E-state index contributed by atoms with van der Waals surface area (Å²) in [7, 11) is 0. The number of hydrogen-bond acceptors (Lipinski definition) is 4. The quantitative estimate of drug-likeness (QED) is 0.322. The maximum Gasteiger partial charge on any atom is 0.416 e. The smallest absolute Gasteiger partial charge is 0.416 e. The van der Waals surface area contributed by atoms with Crippen molar-refractivity contribution in [2.75, 3.05) is 6.61 Å². The zero-order valence-electron chi connectivity index (χ0n) is 21.0. The molecule has 3 aromatic carbocycles. The van der Waals surface area contributed by atoms with Crippen molar-refractivity contribution in [3.63, 3.8) is 0 Å². The minimum Gasteiger partial charge on any atom is -0.489 e. The van der Waals surface area contributed by atoms with E-state index in [1.54, 1.807) is 6.08 Å². The van der Waals surface area contributed by atoms with Crippen molar-refractivity contribution >= 4 is 12.0 Å². The molecule has 36 heavy (non-hydrogen) atoms. The first-order valence-electron chi connectivity index (χ1n) is 12.4. The summed E-state index contributed by atoms with van der Waals surface area (Å²) < 4.78 is 11.3. The van der Waals surface area contributed by atoms with Crippen molar-refractivity contribution in [2.24, 2.45) is 5.92 Å². The molecular formula is C31H33NO4. The van der Waals surface area contributed by atoms with Crippen LogP contribution in [-0.4, -0.2) is 29.5 Å². The van der Waals surface area contributed by atoms with E-state index in [1.165, 1.54) is 4.90 Å². The third-order valence-corrected chi connectivity index (χ3v) is 6.68. The maximum atomic E-state index is 13.7. The van der Waals surface area contributed by atoms with Crippen LogP contribution < -0.4 is 4.74 Å². The molecule has 1 unspecified atom stereocenters. The molecule has 0 saturated carbocycles. The number of cyclic esters (lactones) is 1. The lowest BCUT2D eigenvalue weighted by Crippen LogP contribution is -2.44. The molecule has 0 N–H and O–H groups in total. The van der Waals surface area contributed by atoms with Gasteiger partial charge in [-0.2, -0.15) is 0 Å². The topological polar surface area (TPSA) is 55.8 Å². The summed E-state index contributed by atoms with van der Waals surface area (Å²) in [5.41, 5.74) is 5.39. The van der Waals surface area contributed by atoms with Gasteiger partial charge in [0.05, 0.1) is 6.04 Å². The van der Waals surface area contributed by atoms with Crippen LogP contribution in [0, 0.1) is 19.8 Å². The molecule has 0 aromatic heterocycles. The fourth-order valence-corrected chi connectivity index (χ4v) is 4.78. The van der Waals surface area contributed by atoms with E-state index in [2.05, 4.69) is 6.58 Å². The fourth-order valence-electron chi connectivity index (χ4n) is 4.78. The van der Waals surface area contributed by atoms with E-state index < -0.39 is 12.0 Å². The largest absolute Gasteiger partial charge is 0.489 e. The molecule has 5 nitrogen and oxygen atoms in total. The Labute approximate surface area is 213 Å². The molecule has 1 aliphatic rings. The summed E-state index contributed by atoms with van der Waals surface area (Å²) >= 11 is 0. The van der Waals surface area contributed by atoms with Crippen LogP contribution in [-0.2, 0) is 29.0 Å². The number of imide groups is 1. The third kappa shape index (κ3) is 6.03. The summed E-state index contributed by atoms with van der Waals surface area (Å²) in [4.78, 5) is 27.6. The number of carbonyl (C=O) groups excluding carboxylic acids is 2. The second kappa shape index (κ2) is 11.7. The van der Waals surface area contributed by atoms with Gasteiger partial charge in [-0.3, -0.25) is 4.79 Å². The summed E-state index contributed by atoms with van der Waals surface area (Å²) in [5.74, 6) is 0.191. The molecule has 0 aliphatic carbocycles. The van der Waals surface area contributed by atoms with E-state index in [-0.39, 0.29) is 18.6 Å². The number of ether oxygens (including phenoxy) is 2. The highest BCUT2D eigenvalue weighted by Gasteiger charge is 2.40. The lowest BCUT2D eigenvalue weighted by Gasteiger charge is -2.25. The van der Waals surface area contributed by atoms with Gasteiger partial charge >= 0.3 is 6.09 Å². The number of nitrogens with zero attached hydrogens (tertiary/aromatic N) is 1. The Morgan fingerprint density at radius 1 is 1.06 bits per heavy atom. The molecule has 186 valence electrons. The highest BCUT2D eigenvalue weighted by atomic mass is 16.6. The molecule has 0 bridgehead atoms. The average molecular weight is 484 g/mol. The van der Waals surface area contributed by atoms with Crippen molar-refractivity contribution in [3.8, 4) is 5.75 Å². The van der Waals surface area contributed by atoms with Gasteiger partial charge in [0, 0.05) is 5.92 Å². The lowest BCUT2D eigenvalue weighted by molar-refractivity contribution is -0.133. The molecule has 3 aromatic rings. The highest BCUT2D eigenvalue weighted by Crippen LogP contribution is 2.29. The Balaban J connectivity index is 1.49. The Bertz CT molecular complexity index is 1180. The molecule has 2 amide bonds. The van der Waals surface area contributed by atoms with Gasteiger partial charge in [-0.25, -0.2) is 9.69 Å². The number of rotatable bonds is 10. The molecule has 1 fully saturated rings. The monoisotopic (exact) mass is 483 g/mol. The molecule has 4 rings (SSSR count). The first-order valence-corrected chi connectivity index (χ1v) is 12.4. The third-order valence-electron chi connectivity index (χ3n) is 6.68. The molecule has 0 spiro atoms. The Morgan fingerprint density at radius 3 is 2.28 bits per heavy atom. The Hall–Kier alpha value is -3.86. The van der Waals surface area contributed by atoms with Gasteiger partial charge in [0.1, 0.15) is 19.0 Å². The minimum atomic E-state index is -0.562. The number of benzene rings is 3. The molecule has 1 saturated heterocycles. The SMILES string of the molecule is C=CCC(Cc1c(C)cc(OCc2ccccc2)cc1C)C(=O)N1C(=O)OC[C@H]1Cc1ccccc1. The lowest BCUT2D eigenvalue weighted by atomic mass is 9.89. The molecule has 0 radical (unpaired) electrons. The normalized spacial score (nSPS) is 15.9. The van der Waals surface area contributed by atoms with Crippen molar-refractivity contribution in [1.29, 1.82) is 0 Å². The van der Waals surface area contributed by atoms with Crippen LogP contribution in [0.15, 0.2) is 85.5 Å². The average Bonchev–Trinajstić information content (AvgIpc) is 3.24. The molecular weight excluding hydrogens is 450 g/mol. The number of hydrogen-bond donors (Lipinski definition) is 0. The first-order chi connectivity index (χ1) is 17.5. The second-order valence-corrected chi connectivity index (χ2v) is 9.36.